The Labute approximate surface area is 151 Å². The Hall–Kier alpha value is -3.40. The molecular weight excluding hydrogens is 319 g/mol. The third-order valence-electron chi connectivity index (χ3n) is 4.49. The van der Waals surface area contributed by atoms with Crippen LogP contribution in [0.3, 0.4) is 0 Å². The van der Waals surface area contributed by atoms with Crippen molar-refractivity contribution in [3.63, 3.8) is 0 Å². The minimum atomic E-state index is 0.245. The molecule has 0 N–H and O–H groups in total. The van der Waals surface area contributed by atoms with Crippen LogP contribution in [0.4, 0.5) is 0 Å². The van der Waals surface area contributed by atoms with Crippen molar-refractivity contribution < 1.29 is 4.42 Å². The fourth-order valence-corrected chi connectivity index (χ4v) is 3.31. The first-order valence-electron chi connectivity index (χ1n) is 8.40. The maximum absolute atomic E-state index is 6.12. The van der Waals surface area contributed by atoms with Gasteiger partial charge in [-0.05, 0) is 18.2 Å². The molecule has 0 atom stereocenters. The first-order valence-corrected chi connectivity index (χ1v) is 8.40. The van der Waals surface area contributed by atoms with Gasteiger partial charge in [0.15, 0.2) is 7.85 Å². The van der Waals surface area contributed by atoms with Crippen LogP contribution >= 0.6 is 0 Å². The Balaban J connectivity index is 1.77. The van der Waals surface area contributed by atoms with Crippen LogP contribution in [0.15, 0.2) is 83.3 Å². The van der Waals surface area contributed by atoms with Gasteiger partial charge < -0.3 is 4.42 Å². The van der Waals surface area contributed by atoms with Crippen LogP contribution in [-0.2, 0) is 0 Å². The van der Waals surface area contributed by atoms with Crippen molar-refractivity contribution in [3.8, 4) is 22.5 Å². The number of para-hydroxylation sites is 2. The lowest BCUT2D eigenvalue weighted by atomic mass is 10.0. The Bertz CT molecular complexity index is 1250. The van der Waals surface area contributed by atoms with Gasteiger partial charge in [-0.25, -0.2) is 9.97 Å². The van der Waals surface area contributed by atoms with E-state index in [1.54, 1.807) is 0 Å². The average Bonchev–Trinajstić information content (AvgIpc) is 3.07. The lowest BCUT2D eigenvalue weighted by Crippen LogP contribution is -2.14. The molecule has 3 nitrogen and oxygen atoms in total. The molecule has 26 heavy (non-hydrogen) atoms. The summed E-state index contributed by atoms with van der Waals surface area (Å²) in [5.74, 6) is 0. The van der Waals surface area contributed by atoms with E-state index in [1.165, 1.54) is 0 Å². The normalized spacial score (nSPS) is 11.2. The smallest absolute Gasteiger partial charge is 0.170 e. The first kappa shape index (κ1) is 14.9. The molecule has 0 spiro atoms. The molecule has 2 aromatic heterocycles. The van der Waals surface area contributed by atoms with Gasteiger partial charge in [-0.3, -0.25) is 0 Å². The summed E-state index contributed by atoms with van der Waals surface area (Å²) in [5, 5.41) is 2.16. The maximum Gasteiger partial charge on any atom is 0.170 e. The number of aromatic nitrogens is 2. The fourth-order valence-electron chi connectivity index (χ4n) is 3.31. The molecule has 2 heterocycles. The van der Waals surface area contributed by atoms with E-state index in [-0.39, 0.29) is 5.72 Å². The van der Waals surface area contributed by atoms with Crippen molar-refractivity contribution in [3.05, 3.63) is 78.9 Å². The zero-order valence-corrected chi connectivity index (χ0v) is 13.9. The van der Waals surface area contributed by atoms with Crippen LogP contribution in [0.25, 0.3) is 44.5 Å². The summed E-state index contributed by atoms with van der Waals surface area (Å²) in [7, 11) is 6.00. The van der Waals surface area contributed by atoms with Gasteiger partial charge in [-0.2, -0.15) is 0 Å². The van der Waals surface area contributed by atoms with Crippen LogP contribution < -0.4 is 5.72 Å². The zero-order valence-electron chi connectivity index (χ0n) is 13.9. The van der Waals surface area contributed by atoms with E-state index in [0.29, 0.717) is 0 Å². The molecule has 4 heteroatoms. The Kier molecular flexibility index (Phi) is 3.35. The number of furan rings is 1. The van der Waals surface area contributed by atoms with Gasteiger partial charge in [0.1, 0.15) is 11.2 Å². The van der Waals surface area contributed by atoms with Gasteiger partial charge in [0, 0.05) is 21.9 Å². The summed E-state index contributed by atoms with van der Waals surface area (Å²) >= 11 is 0. The van der Waals surface area contributed by atoms with E-state index in [0.717, 1.165) is 44.5 Å². The van der Waals surface area contributed by atoms with Crippen molar-refractivity contribution in [1.82, 2.24) is 9.97 Å². The second-order valence-electron chi connectivity index (χ2n) is 6.14. The van der Waals surface area contributed by atoms with E-state index < -0.39 is 0 Å². The van der Waals surface area contributed by atoms with Crippen molar-refractivity contribution in [2.45, 2.75) is 0 Å². The van der Waals surface area contributed by atoms with Crippen LogP contribution in [0.2, 0.25) is 0 Å². The molecule has 0 bridgehead atoms. The Morgan fingerprint density at radius 2 is 1.42 bits per heavy atom. The van der Waals surface area contributed by atoms with E-state index in [2.05, 4.69) is 22.1 Å². The fraction of sp³-hybridized carbons (Fsp3) is 0. The van der Waals surface area contributed by atoms with Gasteiger partial charge in [-0.1, -0.05) is 60.7 Å². The average molecular weight is 332 g/mol. The van der Waals surface area contributed by atoms with E-state index in [9.17, 15) is 0 Å². The summed E-state index contributed by atoms with van der Waals surface area (Å²) in [5.41, 5.74) is 5.37. The molecule has 0 saturated heterocycles. The summed E-state index contributed by atoms with van der Waals surface area (Å²) in [6, 6.07) is 26.0. The highest BCUT2D eigenvalue weighted by Crippen LogP contribution is 2.35. The highest BCUT2D eigenvalue weighted by atomic mass is 16.3. The molecule has 120 valence electrons. The van der Waals surface area contributed by atoms with E-state index >= 15 is 0 Å². The van der Waals surface area contributed by atoms with Crippen LogP contribution in [0, 0.1) is 0 Å². The molecule has 5 aromatic rings. The molecule has 5 rings (SSSR count). The first-order chi connectivity index (χ1) is 12.8. The monoisotopic (exact) mass is 332 g/mol. The van der Waals surface area contributed by atoms with E-state index in [1.807, 2.05) is 66.7 Å². The quantitative estimate of drug-likeness (QED) is 0.447. The largest absolute Gasteiger partial charge is 0.455 e. The van der Waals surface area contributed by atoms with Crippen molar-refractivity contribution in [2.24, 2.45) is 0 Å². The van der Waals surface area contributed by atoms with Gasteiger partial charge in [-0.15, -0.1) is 0 Å². The molecule has 0 unspecified atom stereocenters. The molecule has 0 aliphatic heterocycles. The third-order valence-corrected chi connectivity index (χ3v) is 4.49. The maximum atomic E-state index is 6.12. The number of hydrogen-bond donors (Lipinski definition) is 0. The van der Waals surface area contributed by atoms with Crippen LogP contribution in [-0.4, -0.2) is 17.8 Å². The van der Waals surface area contributed by atoms with Crippen molar-refractivity contribution >= 4 is 35.5 Å². The molecule has 3 aromatic carbocycles. The Morgan fingerprint density at radius 3 is 2.31 bits per heavy atom. The molecule has 0 fully saturated rings. The molecule has 2 radical (unpaired) electrons. The summed E-state index contributed by atoms with van der Waals surface area (Å²) < 4.78 is 6.12. The zero-order chi connectivity index (χ0) is 17.5. The predicted molar refractivity (Wildman–Crippen MR) is 106 cm³/mol. The third kappa shape index (κ3) is 2.39. The highest BCUT2D eigenvalue weighted by molar-refractivity contribution is 6.29. The van der Waals surface area contributed by atoms with Crippen LogP contribution in [0.5, 0.6) is 0 Å². The van der Waals surface area contributed by atoms with Crippen molar-refractivity contribution in [2.75, 3.05) is 0 Å². The second kappa shape index (κ2) is 5.85. The number of benzene rings is 3. The van der Waals surface area contributed by atoms with E-state index in [4.69, 9.17) is 12.3 Å². The van der Waals surface area contributed by atoms with Gasteiger partial charge >= 0.3 is 0 Å². The summed E-state index contributed by atoms with van der Waals surface area (Å²) in [6.45, 7) is 0. The molecule has 0 aliphatic carbocycles. The molecule has 0 aliphatic rings. The number of fused-ring (bicyclic) bond motifs is 3. The van der Waals surface area contributed by atoms with Crippen LogP contribution in [0.1, 0.15) is 0 Å². The molecule has 0 saturated carbocycles. The lowest BCUT2D eigenvalue weighted by molar-refractivity contribution is 0.670. The predicted octanol–water partition coefficient (Wildman–Crippen LogP) is 4.50. The van der Waals surface area contributed by atoms with Gasteiger partial charge in [0.2, 0.25) is 0 Å². The van der Waals surface area contributed by atoms with Crippen molar-refractivity contribution in [1.29, 1.82) is 0 Å². The molecular formula is C22H13BN2O. The lowest BCUT2D eigenvalue weighted by Gasteiger charge is -2.07. The van der Waals surface area contributed by atoms with Gasteiger partial charge in [0.25, 0.3) is 0 Å². The minimum absolute atomic E-state index is 0.245. The Morgan fingerprint density at radius 1 is 0.692 bits per heavy atom. The highest BCUT2D eigenvalue weighted by Gasteiger charge is 2.14. The second-order valence-corrected chi connectivity index (χ2v) is 6.14. The summed E-state index contributed by atoms with van der Waals surface area (Å²) in [6.07, 6.45) is 0. The summed E-state index contributed by atoms with van der Waals surface area (Å²) in [4.78, 5) is 8.85. The SMILES string of the molecule is [B]c1nc(-c2ccccc2)cc(-c2cccc3c2oc2ccccc23)n1. The van der Waals surface area contributed by atoms with Gasteiger partial charge in [0.05, 0.1) is 17.1 Å². The number of rotatable bonds is 2. The molecule has 0 amide bonds. The minimum Gasteiger partial charge on any atom is -0.455 e. The standard InChI is InChI=1S/C22H13BN2O/c23-22-24-18(14-7-2-1-3-8-14)13-19(25-22)17-11-6-10-16-15-9-4-5-12-20(15)26-21(16)17/h1-13H. The number of nitrogens with zero attached hydrogens (tertiary/aromatic N) is 2. The topological polar surface area (TPSA) is 38.9 Å². The number of hydrogen-bond acceptors (Lipinski definition) is 3.